The Hall–Kier alpha value is -1.28. The normalized spacial score (nSPS) is 10.7. The molecule has 1 radical (unpaired) electrons. The summed E-state index contributed by atoms with van der Waals surface area (Å²) in [6.07, 6.45) is 2.15. The Morgan fingerprint density at radius 2 is 1.45 bits per heavy atom. The summed E-state index contributed by atoms with van der Waals surface area (Å²) in [4.78, 5) is 0. The lowest BCUT2D eigenvalue weighted by atomic mass is 10.0. The number of rotatable bonds is 4. The molecule has 0 amide bonds. The molecule has 1 nitrogen and oxygen atoms in total. The van der Waals surface area contributed by atoms with Crippen molar-refractivity contribution in [3.8, 4) is 11.5 Å². The summed E-state index contributed by atoms with van der Waals surface area (Å²) in [6, 6.07) is 10.6. The van der Waals surface area contributed by atoms with E-state index in [-0.39, 0.29) is 0 Å². The molecule has 0 spiro atoms. The summed E-state index contributed by atoms with van der Waals surface area (Å²) in [5, 5.41) is 0.864. The minimum Gasteiger partial charge on any atom is -0.457 e. The van der Waals surface area contributed by atoms with Crippen molar-refractivity contribution >= 4 is 15.9 Å². The number of halogens is 1. The summed E-state index contributed by atoms with van der Waals surface area (Å²) < 4.78 is 6.11. The van der Waals surface area contributed by atoms with Crippen LogP contribution in [0, 0.1) is 34.1 Å². The van der Waals surface area contributed by atoms with Gasteiger partial charge in [-0.25, -0.2) is 0 Å². The fourth-order valence-corrected chi connectivity index (χ4v) is 2.84. The first-order valence-corrected chi connectivity index (χ1v) is 7.88. The maximum absolute atomic E-state index is 6.11. The van der Waals surface area contributed by atoms with E-state index >= 15 is 0 Å². The number of hydrogen-bond acceptors (Lipinski definition) is 1. The summed E-state index contributed by atoms with van der Waals surface area (Å²) in [6.45, 7) is 8.37. The Labute approximate surface area is 130 Å². The van der Waals surface area contributed by atoms with E-state index in [4.69, 9.17) is 4.74 Å². The zero-order chi connectivity index (χ0) is 14.7. The maximum atomic E-state index is 6.11. The lowest BCUT2D eigenvalue weighted by Gasteiger charge is -2.14. The third kappa shape index (κ3) is 3.63. The Balaban J connectivity index is 2.33. The minimum absolute atomic E-state index is 0.864. The summed E-state index contributed by atoms with van der Waals surface area (Å²) in [5.74, 6) is 1.87. The molecule has 0 N–H and O–H groups in total. The molecule has 0 unspecified atom stereocenters. The van der Waals surface area contributed by atoms with Crippen molar-refractivity contribution in [1.29, 1.82) is 0 Å². The van der Waals surface area contributed by atoms with Gasteiger partial charge in [-0.1, -0.05) is 34.1 Å². The lowest BCUT2D eigenvalue weighted by Crippen LogP contribution is -1.95. The van der Waals surface area contributed by atoms with Crippen molar-refractivity contribution in [2.45, 2.75) is 27.7 Å². The minimum atomic E-state index is 0.864. The van der Waals surface area contributed by atoms with Crippen LogP contribution in [-0.4, -0.2) is 5.33 Å². The van der Waals surface area contributed by atoms with Crippen molar-refractivity contribution in [3.63, 3.8) is 0 Å². The predicted molar refractivity (Wildman–Crippen MR) is 89.1 cm³/mol. The van der Waals surface area contributed by atoms with E-state index in [0.717, 1.165) is 28.0 Å². The Morgan fingerprint density at radius 1 is 0.900 bits per heavy atom. The maximum Gasteiger partial charge on any atom is 0.133 e. The van der Waals surface area contributed by atoms with Gasteiger partial charge < -0.3 is 4.74 Å². The van der Waals surface area contributed by atoms with Crippen molar-refractivity contribution in [1.82, 2.24) is 0 Å². The number of hydrogen-bond donors (Lipinski definition) is 0. The van der Waals surface area contributed by atoms with Gasteiger partial charge in [0.1, 0.15) is 11.5 Å². The van der Waals surface area contributed by atoms with E-state index in [9.17, 15) is 0 Å². The molecular formula is C18H20BrO. The molecule has 0 heterocycles. The highest BCUT2D eigenvalue weighted by atomic mass is 79.9. The van der Waals surface area contributed by atoms with E-state index in [1.54, 1.807) is 0 Å². The van der Waals surface area contributed by atoms with Gasteiger partial charge in [0, 0.05) is 11.8 Å². The molecule has 0 aliphatic rings. The van der Waals surface area contributed by atoms with E-state index in [0.29, 0.717) is 0 Å². The van der Waals surface area contributed by atoms with Crippen molar-refractivity contribution in [2.24, 2.45) is 0 Å². The van der Waals surface area contributed by atoms with Gasteiger partial charge in [-0.05, 0) is 67.6 Å². The highest BCUT2D eigenvalue weighted by Crippen LogP contribution is 2.31. The molecule has 0 atom stereocenters. The second-order valence-corrected chi connectivity index (χ2v) is 5.92. The van der Waals surface area contributed by atoms with Crippen LogP contribution in [0.3, 0.4) is 0 Å². The van der Waals surface area contributed by atoms with Crippen molar-refractivity contribution < 1.29 is 4.74 Å². The third-order valence-electron chi connectivity index (χ3n) is 3.21. The average Bonchev–Trinajstić information content (AvgIpc) is 2.33. The van der Waals surface area contributed by atoms with Crippen LogP contribution in [0.4, 0.5) is 0 Å². The van der Waals surface area contributed by atoms with Gasteiger partial charge in [0.25, 0.3) is 0 Å². The van der Waals surface area contributed by atoms with Crippen LogP contribution in [-0.2, 0) is 0 Å². The molecule has 0 fully saturated rings. The Bertz CT molecular complexity index is 574. The number of aryl methyl sites for hydroxylation is 4. The molecule has 0 saturated heterocycles. The summed E-state index contributed by atoms with van der Waals surface area (Å²) >= 11 is 3.44. The van der Waals surface area contributed by atoms with Crippen LogP contribution in [0.5, 0.6) is 11.5 Å². The second-order valence-electron chi connectivity index (χ2n) is 5.27. The molecule has 20 heavy (non-hydrogen) atoms. The molecule has 2 heteroatoms. The number of benzene rings is 2. The molecule has 0 saturated carbocycles. The van der Waals surface area contributed by atoms with Gasteiger partial charge in [-0.15, -0.1) is 0 Å². The first kappa shape index (κ1) is 15.1. The molecular weight excluding hydrogens is 312 g/mol. The largest absolute Gasteiger partial charge is 0.457 e. The third-order valence-corrected chi connectivity index (χ3v) is 3.53. The lowest BCUT2D eigenvalue weighted by molar-refractivity contribution is 0.474. The second kappa shape index (κ2) is 6.45. The first-order valence-electron chi connectivity index (χ1n) is 6.76. The van der Waals surface area contributed by atoms with Crippen LogP contribution in [0.25, 0.3) is 0 Å². The monoisotopic (exact) mass is 331 g/mol. The van der Waals surface area contributed by atoms with Gasteiger partial charge in [-0.2, -0.15) is 0 Å². The summed E-state index contributed by atoms with van der Waals surface area (Å²) in [5.41, 5.74) is 6.00. The van der Waals surface area contributed by atoms with Gasteiger partial charge in [0.05, 0.1) is 0 Å². The van der Waals surface area contributed by atoms with Crippen LogP contribution < -0.4 is 4.74 Å². The molecule has 2 aromatic carbocycles. The molecule has 0 bridgehead atoms. The van der Waals surface area contributed by atoms with Crippen LogP contribution in [0.1, 0.15) is 27.8 Å². The smallest absolute Gasteiger partial charge is 0.133 e. The van der Waals surface area contributed by atoms with Crippen molar-refractivity contribution in [3.05, 3.63) is 64.6 Å². The van der Waals surface area contributed by atoms with Gasteiger partial charge in [0.2, 0.25) is 0 Å². The quantitative estimate of drug-likeness (QED) is 0.657. The van der Waals surface area contributed by atoms with E-state index in [1.807, 2.05) is 0 Å². The highest BCUT2D eigenvalue weighted by molar-refractivity contribution is 9.09. The predicted octanol–water partition coefficient (Wildman–Crippen LogP) is 5.66. The number of ether oxygens (including phenoxy) is 1. The highest BCUT2D eigenvalue weighted by Gasteiger charge is 2.08. The Morgan fingerprint density at radius 3 is 1.95 bits per heavy atom. The van der Waals surface area contributed by atoms with E-state index in [1.165, 1.54) is 16.7 Å². The van der Waals surface area contributed by atoms with Gasteiger partial charge in [0.15, 0.2) is 0 Å². The van der Waals surface area contributed by atoms with Crippen LogP contribution in [0.2, 0.25) is 0 Å². The van der Waals surface area contributed by atoms with Gasteiger partial charge >= 0.3 is 0 Å². The van der Waals surface area contributed by atoms with E-state index in [2.05, 4.69) is 80.4 Å². The van der Waals surface area contributed by atoms with Crippen LogP contribution >= 0.6 is 15.9 Å². The first-order chi connectivity index (χ1) is 9.49. The van der Waals surface area contributed by atoms with E-state index < -0.39 is 0 Å². The van der Waals surface area contributed by atoms with Crippen LogP contribution in [0.15, 0.2) is 30.3 Å². The number of alkyl halides is 1. The molecule has 0 aromatic heterocycles. The zero-order valence-corrected chi connectivity index (χ0v) is 14.0. The summed E-state index contributed by atoms with van der Waals surface area (Å²) in [7, 11) is 0. The SMILES string of the molecule is Cc1cc(C)cc(Oc2c(C)cc([CH]CBr)cc2C)c1. The standard InChI is InChI=1S/C18H20BrO/c1-12-7-13(2)9-17(8-12)20-18-14(3)10-16(5-6-19)11-15(18)4/h5,7-11H,6H2,1-4H3. The topological polar surface area (TPSA) is 9.23 Å². The average molecular weight is 332 g/mol. The Kier molecular flexibility index (Phi) is 4.87. The zero-order valence-electron chi connectivity index (χ0n) is 12.5. The fourth-order valence-electron chi connectivity index (χ4n) is 2.46. The molecule has 2 aromatic rings. The molecule has 2 rings (SSSR count). The molecule has 0 aliphatic heterocycles. The fraction of sp³-hybridized carbons (Fsp3) is 0.278. The molecule has 0 aliphatic carbocycles. The van der Waals surface area contributed by atoms with Crippen molar-refractivity contribution in [2.75, 3.05) is 5.33 Å². The molecule has 105 valence electrons. The van der Waals surface area contributed by atoms with Gasteiger partial charge in [-0.3, -0.25) is 0 Å².